The third kappa shape index (κ3) is 2.47. The molecule has 0 spiro atoms. The minimum absolute atomic E-state index is 0.0412. The van der Waals surface area contributed by atoms with Gasteiger partial charge in [-0.25, -0.2) is 8.78 Å². The summed E-state index contributed by atoms with van der Waals surface area (Å²) >= 11 is 0. The smallest absolute Gasteiger partial charge is 0.256 e. The van der Waals surface area contributed by atoms with Crippen molar-refractivity contribution in [2.24, 2.45) is 0 Å². The Morgan fingerprint density at radius 3 is 2.33 bits per heavy atom. The second kappa shape index (κ2) is 4.36. The molecule has 18 heavy (non-hydrogen) atoms. The van der Waals surface area contributed by atoms with Crippen LogP contribution in [-0.2, 0) is 6.18 Å². The quantitative estimate of drug-likeness (QED) is 0.708. The van der Waals surface area contributed by atoms with Crippen LogP contribution >= 0.6 is 0 Å². The Labute approximate surface area is 98.9 Å². The van der Waals surface area contributed by atoms with Gasteiger partial charge in [0.15, 0.2) is 0 Å². The normalized spacial score (nSPS) is 11.6. The SMILES string of the molecule is Fc1c[c]c(-c2ccc(C(F)(F)F)cn2)c(F)c1. The zero-order valence-electron chi connectivity index (χ0n) is 8.72. The van der Waals surface area contributed by atoms with Crippen molar-refractivity contribution < 1.29 is 22.0 Å². The van der Waals surface area contributed by atoms with Crippen LogP contribution in [0, 0.1) is 17.7 Å². The highest BCUT2D eigenvalue weighted by molar-refractivity contribution is 5.59. The molecule has 2 rings (SSSR count). The third-order valence-electron chi connectivity index (χ3n) is 2.20. The fourth-order valence-electron chi connectivity index (χ4n) is 1.35. The van der Waals surface area contributed by atoms with Crippen LogP contribution in [0.15, 0.2) is 30.5 Å². The Balaban J connectivity index is 2.41. The van der Waals surface area contributed by atoms with Gasteiger partial charge in [0.05, 0.1) is 11.3 Å². The molecule has 93 valence electrons. The molecule has 6 heteroatoms. The largest absolute Gasteiger partial charge is 0.417 e. The Hall–Kier alpha value is -1.98. The van der Waals surface area contributed by atoms with Gasteiger partial charge in [0.25, 0.3) is 0 Å². The number of hydrogen-bond acceptors (Lipinski definition) is 1. The van der Waals surface area contributed by atoms with Gasteiger partial charge in [-0.05, 0) is 24.3 Å². The summed E-state index contributed by atoms with van der Waals surface area (Å²) in [6.07, 6.45) is -3.91. The van der Waals surface area contributed by atoms with Crippen molar-refractivity contribution in [1.29, 1.82) is 0 Å². The van der Waals surface area contributed by atoms with Crippen molar-refractivity contribution in [2.45, 2.75) is 6.18 Å². The standard InChI is InChI=1S/C12H5F5N/c13-8-2-3-9(10(14)5-8)11-4-1-7(6-18-11)12(15,16)17/h1-2,4-6H. The van der Waals surface area contributed by atoms with Crippen LogP contribution in [0.4, 0.5) is 22.0 Å². The Morgan fingerprint density at radius 1 is 1.11 bits per heavy atom. The van der Waals surface area contributed by atoms with Gasteiger partial charge in [0.1, 0.15) is 11.6 Å². The third-order valence-corrected chi connectivity index (χ3v) is 2.20. The molecule has 1 aromatic carbocycles. The van der Waals surface area contributed by atoms with E-state index in [1.807, 2.05) is 0 Å². The highest BCUT2D eigenvalue weighted by Crippen LogP contribution is 2.30. The first-order valence-electron chi connectivity index (χ1n) is 4.78. The number of halogens is 5. The molecule has 0 saturated heterocycles. The molecule has 1 aromatic heterocycles. The number of alkyl halides is 3. The molecule has 0 aliphatic heterocycles. The van der Waals surface area contributed by atoms with Gasteiger partial charge in [-0.3, -0.25) is 4.98 Å². The molecule has 0 amide bonds. The zero-order valence-corrected chi connectivity index (χ0v) is 8.72. The van der Waals surface area contributed by atoms with E-state index in [0.717, 1.165) is 18.2 Å². The Kier molecular flexibility index (Phi) is 3.02. The van der Waals surface area contributed by atoms with E-state index in [1.165, 1.54) is 0 Å². The maximum absolute atomic E-state index is 13.3. The maximum Gasteiger partial charge on any atom is 0.417 e. The van der Waals surface area contributed by atoms with Gasteiger partial charge >= 0.3 is 6.18 Å². The maximum atomic E-state index is 13.3. The van der Waals surface area contributed by atoms with E-state index in [1.54, 1.807) is 0 Å². The summed E-state index contributed by atoms with van der Waals surface area (Å²) in [4.78, 5) is 3.49. The average Bonchev–Trinajstić information content (AvgIpc) is 2.28. The summed E-state index contributed by atoms with van der Waals surface area (Å²) < 4.78 is 62.8. The highest BCUT2D eigenvalue weighted by Gasteiger charge is 2.30. The Bertz CT molecular complexity index is 560. The van der Waals surface area contributed by atoms with Crippen LogP contribution in [-0.4, -0.2) is 4.98 Å². The average molecular weight is 258 g/mol. The summed E-state index contributed by atoms with van der Waals surface area (Å²) in [7, 11) is 0. The lowest BCUT2D eigenvalue weighted by Crippen LogP contribution is -2.05. The van der Waals surface area contributed by atoms with Crippen LogP contribution in [0.1, 0.15) is 5.56 Å². The number of hydrogen-bond donors (Lipinski definition) is 0. The summed E-state index contributed by atoms with van der Waals surface area (Å²) in [5, 5.41) is 0. The molecule has 1 heterocycles. The van der Waals surface area contributed by atoms with Gasteiger partial charge in [-0.1, -0.05) is 0 Å². The molecule has 0 aliphatic carbocycles. The van der Waals surface area contributed by atoms with Crippen LogP contribution < -0.4 is 0 Å². The summed E-state index contributed by atoms with van der Waals surface area (Å²) in [5.74, 6) is -1.74. The second-order valence-corrected chi connectivity index (χ2v) is 3.47. The fraction of sp³-hybridized carbons (Fsp3) is 0.0833. The van der Waals surface area contributed by atoms with Crippen molar-refractivity contribution in [3.05, 3.63) is 53.7 Å². The topological polar surface area (TPSA) is 12.9 Å². The van der Waals surface area contributed by atoms with Crippen molar-refractivity contribution in [3.8, 4) is 11.3 Å². The summed E-state index contributed by atoms with van der Waals surface area (Å²) in [6.45, 7) is 0. The summed E-state index contributed by atoms with van der Waals surface area (Å²) in [6, 6.07) is 5.57. The van der Waals surface area contributed by atoms with E-state index in [-0.39, 0.29) is 11.3 Å². The van der Waals surface area contributed by atoms with Crippen LogP contribution in [0.25, 0.3) is 11.3 Å². The number of benzene rings is 1. The minimum Gasteiger partial charge on any atom is -0.256 e. The van der Waals surface area contributed by atoms with E-state index in [0.29, 0.717) is 12.3 Å². The molecular formula is C12H5F5N. The van der Waals surface area contributed by atoms with Crippen molar-refractivity contribution in [2.75, 3.05) is 0 Å². The first kappa shape index (κ1) is 12.5. The molecule has 0 saturated carbocycles. The van der Waals surface area contributed by atoms with E-state index in [9.17, 15) is 22.0 Å². The van der Waals surface area contributed by atoms with Crippen LogP contribution in [0.2, 0.25) is 0 Å². The van der Waals surface area contributed by atoms with E-state index >= 15 is 0 Å². The number of nitrogens with zero attached hydrogens (tertiary/aromatic N) is 1. The van der Waals surface area contributed by atoms with E-state index in [2.05, 4.69) is 11.1 Å². The van der Waals surface area contributed by atoms with Crippen molar-refractivity contribution in [3.63, 3.8) is 0 Å². The second-order valence-electron chi connectivity index (χ2n) is 3.47. The monoisotopic (exact) mass is 258 g/mol. The molecule has 0 bridgehead atoms. The lowest BCUT2D eigenvalue weighted by atomic mass is 10.1. The number of rotatable bonds is 1. The van der Waals surface area contributed by atoms with Gasteiger partial charge in [-0.2, -0.15) is 13.2 Å². The number of pyridine rings is 1. The zero-order chi connectivity index (χ0) is 13.3. The lowest BCUT2D eigenvalue weighted by molar-refractivity contribution is -0.137. The molecule has 0 aliphatic rings. The van der Waals surface area contributed by atoms with Gasteiger partial charge in [0.2, 0.25) is 0 Å². The van der Waals surface area contributed by atoms with Gasteiger partial charge < -0.3 is 0 Å². The Morgan fingerprint density at radius 2 is 1.83 bits per heavy atom. The van der Waals surface area contributed by atoms with E-state index < -0.39 is 23.4 Å². The molecule has 0 unspecified atom stereocenters. The molecule has 0 fully saturated rings. The van der Waals surface area contributed by atoms with Gasteiger partial charge in [-0.15, -0.1) is 0 Å². The molecular weight excluding hydrogens is 253 g/mol. The molecule has 0 N–H and O–H groups in total. The lowest BCUT2D eigenvalue weighted by Gasteiger charge is -2.07. The molecule has 1 radical (unpaired) electrons. The van der Waals surface area contributed by atoms with Crippen molar-refractivity contribution in [1.82, 2.24) is 4.98 Å². The van der Waals surface area contributed by atoms with Crippen LogP contribution in [0.3, 0.4) is 0 Å². The predicted octanol–water partition coefficient (Wildman–Crippen LogP) is 3.85. The first-order chi connectivity index (χ1) is 8.38. The molecule has 1 nitrogen and oxygen atoms in total. The number of aromatic nitrogens is 1. The first-order valence-corrected chi connectivity index (χ1v) is 4.78. The predicted molar refractivity (Wildman–Crippen MR) is 53.4 cm³/mol. The van der Waals surface area contributed by atoms with Crippen LogP contribution in [0.5, 0.6) is 0 Å². The molecule has 0 atom stereocenters. The molecule has 2 aromatic rings. The minimum atomic E-state index is -4.50. The summed E-state index contributed by atoms with van der Waals surface area (Å²) in [5.41, 5.74) is -1.15. The highest BCUT2D eigenvalue weighted by atomic mass is 19.4. The van der Waals surface area contributed by atoms with Gasteiger partial charge in [0, 0.05) is 17.8 Å². The van der Waals surface area contributed by atoms with Crippen molar-refractivity contribution >= 4 is 0 Å². The van der Waals surface area contributed by atoms with E-state index in [4.69, 9.17) is 0 Å². The fourth-order valence-corrected chi connectivity index (χ4v) is 1.35.